The Bertz CT molecular complexity index is 870. The maximum absolute atomic E-state index is 11.2. The van der Waals surface area contributed by atoms with Crippen molar-refractivity contribution in [3.63, 3.8) is 0 Å². The molecule has 3 unspecified atom stereocenters. The number of carbonyl (C=O) groups is 1. The molecule has 1 fully saturated rings. The first kappa shape index (κ1) is 24.8. The fourth-order valence-corrected chi connectivity index (χ4v) is 3.94. The van der Waals surface area contributed by atoms with Gasteiger partial charge in [0.25, 0.3) is 0 Å². The Labute approximate surface area is 169 Å². The molecular formula is C12H19NO15S2. The van der Waals surface area contributed by atoms with E-state index in [-0.39, 0.29) is 6.42 Å². The number of aliphatic carboxylic acids is 1. The van der Waals surface area contributed by atoms with Gasteiger partial charge in [-0.1, -0.05) is 0 Å². The Morgan fingerprint density at radius 2 is 1.83 bits per heavy atom. The van der Waals surface area contributed by atoms with Crippen molar-refractivity contribution in [2.24, 2.45) is 0 Å². The van der Waals surface area contributed by atoms with Gasteiger partial charge in [-0.3, -0.25) is 9.11 Å². The summed E-state index contributed by atoms with van der Waals surface area (Å²) in [5.41, 5.74) is 0. The first-order valence-electron chi connectivity index (χ1n) is 8.00. The van der Waals surface area contributed by atoms with Gasteiger partial charge in [-0.2, -0.15) is 21.6 Å². The van der Waals surface area contributed by atoms with Crippen molar-refractivity contribution >= 4 is 26.7 Å². The number of carboxylic acids is 1. The fourth-order valence-electron chi connectivity index (χ4n) is 2.83. The molecule has 18 heteroatoms. The SMILES string of the molecule is O=C(O)C1=C[C@H](O)C[C@H](O[C@@H]2C(CO)OC(O)[C@@H](NS(=O)(=O)O)C2OS(=O)(=O)O)O1. The van der Waals surface area contributed by atoms with Gasteiger partial charge in [-0.15, -0.1) is 0 Å². The molecule has 2 rings (SSSR count). The van der Waals surface area contributed by atoms with Crippen LogP contribution in [0.3, 0.4) is 0 Å². The van der Waals surface area contributed by atoms with Crippen LogP contribution in [0.4, 0.5) is 0 Å². The van der Waals surface area contributed by atoms with Crippen molar-refractivity contribution in [2.75, 3.05) is 6.61 Å². The molecule has 0 spiro atoms. The zero-order chi connectivity index (χ0) is 22.9. The molecule has 7 atom stereocenters. The molecule has 0 aromatic rings. The second kappa shape index (κ2) is 9.36. The Hall–Kier alpha value is -1.45. The first-order chi connectivity index (χ1) is 13.7. The van der Waals surface area contributed by atoms with Gasteiger partial charge in [0.2, 0.25) is 12.0 Å². The van der Waals surface area contributed by atoms with Crippen molar-refractivity contribution in [1.82, 2.24) is 4.72 Å². The lowest BCUT2D eigenvalue weighted by atomic mass is 9.97. The highest BCUT2D eigenvalue weighted by Crippen LogP contribution is 2.30. The monoisotopic (exact) mass is 481 g/mol. The Balaban J connectivity index is 2.37. The second-order valence-electron chi connectivity index (χ2n) is 6.14. The zero-order valence-corrected chi connectivity index (χ0v) is 16.3. The molecule has 0 aromatic heterocycles. The predicted molar refractivity (Wildman–Crippen MR) is 88.9 cm³/mol. The van der Waals surface area contributed by atoms with E-state index in [0.29, 0.717) is 0 Å². The van der Waals surface area contributed by atoms with Crippen molar-refractivity contribution in [1.29, 1.82) is 0 Å². The van der Waals surface area contributed by atoms with Crippen LogP contribution in [0.15, 0.2) is 11.8 Å². The number of ether oxygens (including phenoxy) is 3. The van der Waals surface area contributed by atoms with Crippen molar-refractivity contribution < 1.29 is 69.6 Å². The standard InChI is InChI=1S/C12H19NO15S2/c14-3-6-9(27-7-2-4(15)1-5(25-7)11(16)17)10(28-30(22,23)24)8(12(18)26-6)13-29(19,20)21/h1,4,6-10,12-15,18H,2-3H2,(H,16,17)(H,19,20,21)(H,22,23,24)/t4-,6?,7-,8-,9+,10?,12?/m0/s1. The smallest absolute Gasteiger partial charge is 0.397 e. The minimum absolute atomic E-state index is 0.386. The lowest BCUT2D eigenvalue weighted by Crippen LogP contribution is -2.66. The van der Waals surface area contributed by atoms with E-state index in [1.54, 1.807) is 0 Å². The van der Waals surface area contributed by atoms with Gasteiger partial charge in [0, 0.05) is 6.42 Å². The third-order valence-corrected chi connectivity index (χ3v) is 4.95. The minimum atomic E-state index is -5.32. The summed E-state index contributed by atoms with van der Waals surface area (Å²) in [6.45, 7) is -0.956. The largest absolute Gasteiger partial charge is 0.475 e. The first-order valence-corrected chi connectivity index (χ1v) is 10.8. The summed E-state index contributed by atoms with van der Waals surface area (Å²) in [4.78, 5) is 11.1. The molecule has 0 bridgehead atoms. The van der Waals surface area contributed by atoms with E-state index in [1.165, 1.54) is 4.72 Å². The second-order valence-corrected chi connectivity index (χ2v) is 8.38. The van der Waals surface area contributed by atoms with Crippen LogP contribution >= 0.6 is 0 Å². The van der Waals surface area contributed by atoms with Crippen molar-refractivity contribution in [3.05, 3.63) is 11.8 Å². The molecule has 0 amide bonds. The number of aliphatic hydroxyl groups excluding tert-OH is 3. The minimum Gasteiger partial charge on any atom is -0.475 e. The number of hydrogen-bond donors (Lipinski definition) is 7. The van der Waals surface area contributed by atoms with E-state index < -0.39 is 82.1 Å². The molecule has 16 nitrogen and oxygen atoms in total. The number of hydrogen-bond acceptors (Lipinski definition) is 12. The molecule has 174 valence electrons. The summed E-state index contributed by atoms with van der Waals surface area (Å²) in [5.74, 6) is -2.30. The van der Waals surface area contributed by atoms with Crippen LogP contribution in [0.2, 0.25) is 0 Å². The molecule has 30 heavy (non-hydrogen) atoms. The average molecular weight is 481 g/mol. The van der Waals surface area contributed by atoms with Crippen molar-refractivity contribution in [3.8, 4) is 0 Å². The predicted octanol–water partition coefficient (Wildman–Crippen LogP) is -3.89. The highest BCUT2D eigenvalue weighted by atomic mass is 32.3. The van der Waals surface area contributed by atoms with Gasteiger partial charge in [0.1, 0.15) is 24.4 Å². The van der Waals surface area contributed by atoms with Gasteiger partial charge < -0.3 is 34.6 Å². The van der Waals surface area contributed by atoms with Crippen LogP contribution in [0, 0.1) is 0 Å². The van der Waals surface area contributed by atoms with Crippen LogP contribution in [0.1, 0.15) is 6.42 Å². The van der Waals surface area contributed by atoms with Crippen molar-refractivity contribution in [2.45, 2.75) is 49.5 Å². The number of nitrogens with one attached hydrogen (secondary N) is 1. The molecule has 0 radical (unpaired) electrons. The maximum Gasteiger partial charge on any atom is 0.397 e. The molecule has 2 aliphatic heterocycles. The molecule has 0 saturated carbocycles. The third kappa shape index (κ3) is 6.78. The average Bonchev–Trinajstić information content (AvgIpc) is 2.57. The number of carboxylic acid groups (broad SMARTS) is 1. The Morgan fingerprint density at radius 3 is 2.33 bits per heavy atom. The van der Waals surface area contributed by atoms with Gasteiger partial charge >= 0.3 is 26.7 Å². The maximum atomic E-state index is 11.2. The van der Waals surface area contributed by atoms with Crippen LogP contribution in [-0.4, -0.2) is 102 Å². The van der Waals surface area contributed by atoms with E-state index >= 15 is 0 Å². The molecular weight excluding hydrogens is 462 g/mol. The van der Waals surface area contributed by atoms with E-state index in [9.17, 15) is 36.9 Å². The molecule has 7 N–H and O–H groups in total. The summed E-state index contributed by atoms with van der Waals surface area (Å²) in [7, 11) is -10.4. The van der Waals surface area contributed by atoms with E-state index in [4.69, 9.17) is 28.4 Å². The van der Waals surface area contributed by atoms with Gasteiger partial charge in [-0.05, 0) is 6.08 Å². The highest BCUT2D eigenvalue weighted by molar-refractivity contribution is 7.83. The molecule has 0 aromatic carbocycles. The molecule has 2 aliphatic rings. The molecule has 0 aliphatic carbocycles. The summed E-state index contributed by atoms with van der Waals surface area (Å²) < 4.78 is 83.8. The Morgan fingerprint density at radius 1 is 1.20 bits per heavy atom. The third-order valence-electron chi connectivity index (χ3n) is 3.92. The van der Waals surface area contributed by atoms with Gasteiger partial charge in [0.15, 0.2) is 6.29 Å². The lowest BCUT2D eigenvalue weighted by molar-refractivity contribution is -0.288. The van der Waals surface area contributed by atoms with Crippen LogP contribution in [0.5, 0.6) is 0 Å². The van der Waals surface area contributed by atoms with Crippen LogP contribution < -0.4 is 4.72 Å². The fraction of sp³-hybridized carbons (Fsp3) is 0.750. The zero-order valence-electron chi connectivity index (χ0n) is 14.7. The molecule has 1 saturated heterocycles. The number of aliphatic hydroxyl groups is 3. The summed E-state index contributed by atoms with van der Waals surface area (Å²) in [5, 5.41) is 38.1. The topological polar surface area (TPSA) is 256 Å². The van der Waals surface area contributed by atoms with Crippen LogP contribution in [-0.2, 0) is 43.9 Å². The number of rotatable bonds is 8. The van der Waals surface area contributed by atoms with E-state index in [0.717, 1.165) is 6.08 Å². The summed E-state index contributed by atoms with van der Waals surface area (Å²) >= 11 is 0. The summed E-state index contributed by atoms with van der Waals surface area (Å²) in [6.07, 6.45) is -10.3. The lowest BCUT2D eigenvalue weighted by Gasteiger charge is -2.44. The molecule has 2 heterocycles. The van der Waals surface area contributed by atoms with Crippen LogP contribution in [0.25, 0.3) is 0 Å². The van der Waals surface area contributed by atoms with Gasteiger partial charge in [0.05, 0.1) is 12.7 Å². The summed E-state index contributed by atoms with van der Waals surface area (Å²) in [6, 6.07) is -2.09. The van der Waals surface area contributed by atoms with E-state index in [2.05, 4.69) is 4.18 Å². The Kier molecular flexibility index (Phi) is 7.74. The highest BCUT2D eigenvalue weighted by Gasteiger charge is 2.51. The van der Waals surface area contributed by atoms with Gasteiger partial charge in [-0.25, -0.2) is 8.98 Å². The van der Waals surface area contributed by atoms with E-state index in [1.807, 2.05) is 0 Å². The normalized spacial score (nSPS) is 35.4. The quantitative estimate of drug-likeness (QED) is 0.163.